The van der Waals surface area contributed by atoms with Crippen molar-refractivity contribution >= 4 is 23.1 Å². The lowest BCUT2D eigenvalue weighted by molar-refractivity contribution is 0.287. The largest absolute Gasteiger partial charge is 0.486 e. The molecule has 0 bridgehead atoms. The summed E-state index contributed by atoms with van der Waals surface area (Å²) in [6.07, 6.45) is 1.49. The number of fused-ring (bicyclic) bond motifs is 1. The van der Waals surface area contributed by atoms with E-state index < -0.39 is 5.82 Å². The van der Waals surface area contributed by atoms with Crippen LogP contribution in [0, 0.1) is 17.1 Å². The fraction of sp³-hybridized carbons (Fsp3) is 0.360. The maximum absolute atomic E-state index is 14.8. The maximum atomic E-state index is 14.8. The van der Waals surface area contributed by atoms with Crippen molar-refractivity contribution in [2.24, 2.45) is 0 Å². The molecule has 0 spiro atoms. The van der Waals surface area contributed by atoms with Crippen LogP contribution in [-0.4, -0.2) is 50.4 Å². The predicted molar refractivity (Wildman–Crippen MR) is 129 cm³/mol. The molecule has 2 aromatic carbocycles. The third-order valence-corrected chi connectivity index (χ3v) is 6.16. The molecule has 0 unspecified atom stereocenters. The standard InChI is InChI=1S/C25H27FN6O2/c1-16(2)32-9-10-33-24-20(26)12-17(13-23(24)32)21-15-34-25(30-21)29-19-3-4-22(18(11-19)14-27)31-7-5-28-6-8-31/h3-4,11-13,15-16,28H,5-10H2,1-2H3,(H,29,30). The Morgan fingerprint density at radius 1 is 1.15 bits per heavy atom. The third-order valence-electron chi connectivity index (χ3n) is 6.16. The van der Waals surface area contributed by atoms with Crippen LogP contribution in [0.5, 0.6) is 5.75 Å². The van der Waals surface area contributed by atoms with Crippen molar-refractivity contribution in [2.75, 3.05) is 54.4 Å². The number of benzene rings is 2. The number of hydrogen-bond donors (Lipinski definition) is 2. The van der Waals surface area contributed by atoms with Crippen LogP contribution in [-0.2, 0) is 0 Å². The van der Waals surface area contributed by atoms with Crippen molar-refractivity contribution in [2.45, 2.75) is 19.9 Å². The normalized spacial score (nSPS) is 15.6. The van der Waals surface area contributed by atoms with Gasteiger partial charge in [0, 0.05) is 43.5 Å². The van der Waals surface area contributed by atoms with Gasteiger partial charge in [-0.3, -0.25) is 0 Å². The molecule has 176 valence electrons. The lowest BCUT2D eigenvalue weighted by Crippen LogP contribution is -2.43. The van der Waals surface area contributed by atoms with Gasteiger partial charge in [-0.15, -0.1) is 0 Å². The highest BCUT2D eigenvalue weighted by atomic mass is 19.1. The van der Waals surface area contributed by atoms with Crippen LogP contribution in [0.15, 0.2) is 41.0 Å². The summed E-state index contributed by atoms with van der Waals surface area (Å²) in [5.41, 5.74) is 4.04. The van der Waals surface area contributed by atoms with Gasteiger partial charge in [-0.05, 0) is 44.2 Å². The molecule has 3 heterocycles. The topological polar surface area (TPSA) is 89.6 Å². The highest BCUT2D eigenvalue weighted by Gasteiger charge is 2.25. The van der Waals surface area contributed by atoms with Crippen LogP contribution >= 0.6 is 0 Å². The zero-order valence-electron chi connectivity index (χ0n) is 19.3. The van der Waals surface area contributed by atoms with Crippen LogP contribution in [0.4, 0.5) is 27.5 Å². The van der Waals surface area contributed by atoms with Gasteiger partial charge >= 0.3 is 0 Å². The number of oxazole rings is 1. The molecule has 8 nitrogen and oxygen atoms in total. The number of halogens is 1. The van der Waals surface area contributed by atoms with Gasteiger partial charge in [0.1, 0.15) is 24.6 Å². The molecule has 9 heteroatoms. The molecule has 1 saturated heterocycles. The van der Waals surface area contributed by atoms with Crippen LogP contribution < -0.4 is 25.2 Å². The van der Waals surface area contributed by atoms with Crippen molar-refractivity contribution in [3.05, 3.63) is 48.0 Å². The van der Waals surface area contributed by atoms with E-state index in [0.717, 1.165) is 37.6 Å². The fourth-order valence-corrected chi connectivity index (χ4v) is 4.46. The summed E-state index contributed by atoms with van der Waals surface area (Å²) in [4.78, 5) is 8.82. The number of piperazine rings is 1. The van der Waals surface area contributed by atoms with Crippen LogP contribution in [0.2, 0.25) is 0 Å². The Hall–Kier alpha value is -3.77. The number of nitrogens with one attached hydrogen (secondary N) is 2. The molecular weight excluding hydrogens is 435 g/mol. The van der Waals surface area contributed by atoms with Gasteiger partial charge < -0.3 is 29.6 Å². The number of anilines is 4. The van der Waals surface area contributed by atoms with Gasteiger partial charge in [0.15, 0.2) is 11.6 Å². The number of rotatable bonds is 5. The van der Waals surface area contributed by atoms with E-state index in [-0.39, 0.29) is 17.8 Å². The van der Waals surface area contributed by atoms with Crippen LogP contribution in [0.3, 0.4) is 0 Å². The Morgan fingerprint density at radius 3 is 2.74 bits per heavy atom. The summed E-state index contributed by atoms with van der Waals surface area (Å²) in [7, 11) is 0. The minimum atomic E-state index is -0.419. The molecular formula is C25H27FN6O2. The van der Waals surface area contributed by atoms with E-state index in [2.05, 4.69) is 45.3 Å². The SMILES string of the molecule is CC(C)N1CCOc2c(F)cc(-c3coc(Nc4ccc(N5CCNCC5)c(C#N)c4)n3)cc21. The molecule has 2 N–H and O–H groups in total. The lowest BCUT2D eigenvalue weighted by Gasteiger charge is -2.34. The van der Waals surface area contributed by atoms with E-state index in [0.29, 0.717) is 35.7 Å². The summed E-state index contributed by atoms with van der Waals surface area (Å²) in [5, 5.41) is 16.1. The molecule has 34 heavy (non-hydrogen) atoms. The number of nitriles is 1. The third kappa shape index (κ3) is 4.24. The molecule has 5 rings (SSSR count). The molecule has 2 aliphatic heterocycles. The Labute approximate surface area is 197 Å². The van der Waals surface area contributed by atoms with E-state index >= 15 is 0 Å². The molecule has 0 radical (unpaired) electrons. The van der Waals surface area contributed by atoms with Crippen molar-refractivity contribution in [1.82, 2.24) is 10.3 Å². The van der Waals surface area contributed by atoms with Gasteiger partial charge in [0.25, 0.3) is 6.01 Å². The summed E-state index contributed by atoms with van der Waals surface area (Å²) >= 11 is 0. The molecule has 3 aromatic rings. The van der Waals surface area contributed by atoms with Crippen molar-refractivity contribution in [3.8, 4) is 23.1 Å². The second-order valence-electron chi connectivity index (χ2n) is 8.69. The molecule has 2 aliphatic rings. The zero-order valence-corrected chi connectivity index (χ0v) is 19.3. The van der Waals surface area contributed by atoms with Crippen LogP contribution in [0.1, 0.15) is 19.4 Å². The summed E-state index contributed by atoms with van der Waals surface area (Å²) in [6.45, 7) is 8.81. The highest BCUT2D eigenvalue weighted by Crippen LogP contribution is 2.39. The second-order valence-corrected chi connectivity index (χ2v) is 8.69. The monoisotopic (exact) mass is 462 g/mol. The molecule has 0 saturated carbocycles. The van der Waals surface area contributed by atoms with Crippen LogP contribution in [0.25, 0.3) is 11.3 Å². The Kier molecular flexibility index (Phi) is 5.99. The number of hydrogen-bond acceptors (Lipinski definition) is 8. The van der Waals surface area contributed by atoms with E-state index in [1.54, 1.807) is 6.07 Å². The smallest absolute Gasteiger partial charge is 0.299 e. The summed E-state index contributed by atoms with van der Waals surface area (Å²) in [5.74, 6) is -0.142. The van der Waals surface area contributed by atoms with Gasteiger partial charge in [-0.1, -0.05) is 0 Å². The predicted octanol–water partition coefficient (Wildman–Crippen LogP) is 4.11. The molecule has 0 amide bonds. The zero-order chi connectivity index (χ0) is 23.7. The minimum Gasteiger partial charge on any atom is -0.486 e. The summed E-state index contributed by atoms with van der Waals surface area (Å²) < 4.78 is 26.0. The minimum absolute atomic E-state index is 0.213. The Bertz CT molecular complexity index is 1230. The Balaban J connectivity index is 1.38. The first kappa shape index (κ1) is 22.0. The van der Waals surface area contributed by atoms with Crippen molar-refractivity contribution in [1.29, 1.82) is 5.26 Å². The van der Waals surface area contributed by atoms with E-state index in [1.165, 1.54) is 12.3 Å². The molecule has 0 atom stereocenters. The first-order chi connectivity index (χ1) is 16.5. The van der Waals surface area contributed by atoms with Crippen molar-refractivity contribution < 1.29 is 13.5 Å². The average molecular weight is 463 g/mol. The first-order valence-electron chi connectivity index (χ1n) is 11.5. The second kappa shape index (κ2) is 9.23. The van der Waals surface area contributed by atoms with Crippen molar-refractivity contribution in [3.63, 3.8) is 0 Å². The number of nitrogens with zero attached hydrogens (tertiary/aromatic N) is 4. The lowest BCUT2D eigenvalue weighted by atomic mass is 10.1. The fourth-order valence-electron chi connectivity index (χ4n) is 4.46. The Morgan fingerprint density at radius 2 is 1.97 bits per heavy atom. The molecule has 1 aromatic heterocycles. The van der Waals surface area contributed by atoms with E-state index in [1.807, 2.05) is 18.2 Å². The van der Waals surface area contributed by atoms with Gasteiger partial charge in [0.2, 0.25) is 0 Å². The van der Waals surface area contributed by atoms with E-state index in [9.17, 15) is 9.65 Å². The van der Waals surface area contributed by atoms with Gasteiger partial charge in [-0.2, -0.15) is 10.2 Å². The molecule has 1 fully saturated rings. The number of aromatic nitrogens is 1. The maximum Gasteiger partial charge on any atom is 0.299 e. The van der Waals surface area contributed by atoms with Gasteiger partial charge in [-0.25, -0.2) is 4.39 Å². The number of ether oxygens (including phenoxy) is 1. The average Bonchev–Trinajstić information content (AvgIpc) is 3.32. The quantitative estimate of drug-likeness (QED) is 0.586. The van der Waals surface area contributed by atoms with Gasteiger partial charge in [0.05, 0.1) is 23.5 Å². The van der Waals surface area contributed by atoms with E-state index in [4.69, 9.17) is 9.15 Å². The molecule has 0 aliphatic carbocycles. The highest BCUT2D eigenvalue weighted by molar-refractivity contribution is 5.73. The summed E-state index contributed by atoms with van der Waals surface area (Å²) in [6, 6.07) is 11.7. The first-order valence-corrected chi connectivity index (χ1v) is 11.5.